The first kappa shape index (κ1) is 18.0. The van der Waals surface area contributed by atoms with Gasteiger partial charge in [0.05, 0.1) is 30.8 Å². The topological polar surface area (TPSA) is 100 Å². The van der Waals surface area contributed by atoms with Crippen LogP contribution in [0.3, 0.4) is 0 Å². The van der Waals surface area contributed by atoms with Crippen molar-refractivity contribution in [1.82, 2.24) is 0 Å². The van der Waals surface area contributed by atoms with Crippen molar-refractivity contribution in [2.75, 3.05) is 46.0 Å². The van der Waals surface area contributed by atoms with Crippen LogP contribution in [0, 0.1) is 10.1 Å². The fourth-order valence-corrected chi connectivity index (χ4v) is 2.31. The fourth-order valence-electron chi connectivity index (χ4n) is 2.31. The summed E-state index contributed by atoms with van der Waals surface area (Å²) in [5.74, 6) is -0.619. The molecule has 132 valence electrons. The number of ether oxygens (including phenoxy) is 4. The van der Waals surface area contributed by atoms with Gasteiger partial charge in [0, 0.05) is 26.6 Å². The second-order valence-corrected chi connectivity index (χ2v) is 5.16. The lowest BCUT2D eigenvalue weighted by atomic mass is 10.1. The summed E-state index contributed by atoms with van der Waals surface area (Å²) in [4.78, 5) is 24.5. The number of rotatable bonds is 8. The van der Waals surface area contributed by atoms with Crippen molar-refractivity contribution in [3.05, 3.63) is 27.8 Å². The molecule has 1 aliphatic heterocycles. The van der Waals surface area contributed by atoms with E-state index in [4.69, 9.17) is 18.9 Å². The van der Waals surface area contributed by atoms with Crippen molar-refractivity contribution in [3.63, 3.8) is 0 Å². The highest BCUT2D eigenvalue weighted by molar-refractivity contribution is 5.93. The molecule has 1 aliphatic rings. The van der Waals surface area contributed by atoms with E-state index in [9.17, 15) is 14.9 Å². The van der Waals surface area contributed by atoms with E-state index in [1.54, 1.807) is 11.9 Å². The van der Waals surface area contributed by atoms with E-state index in [0.29, 0.717) is 6.61 Å². The molecular weight excluding hydrogens is 320 g/mol. The normalized spacial score (nSPS) is 16.2. The van der Waals surface area contributed by atoms with Gasteiger partial charge in [0.15, 0.2) is 5.75 Å². The molecule has 9 nitrogen and oxygen atoms in total. The van der Waals surface area contributed by atoms with Crippen LogP contribution < -0.4 is 9.64 Å². The summed E-state index contributed by atoms with van der Waals surface area (Å²) in [6, 6.07) is 2.72. The Morgan fingerprint density at radius 3 is 2.62 bits per heavy atom. The largest absolute Gasteiger partial charge is 0.484 e. The van der Waals surface area contributed by atoms with Gasteiger partial charge in [-0.25, -0.2) is 4.79 Å². The number of methoxy groups -OCH3 is 2. The standard InChI is InChI=1S/C15H20N2O7/c1-16(13-4-5-24-13)11-8-10(15(18)22-3)9-12(14(11)17(19)20)23-7-6-21-2/h8-9,13H,4-7H2,1-3H3/t13-/m0/s1. The molecule has 0 radical (unpaired) electrons. The smallest absolute Gasteiger partial charge is 0.338 e. The van der Waals surface area contributed by atoms with Crippen LogP contribution in [0.1, 0.15) is 16.8 Å². The van der Waals surface area contributed by atoms with Crippen LogP contribution in [0.4, 0.5) is 11.4 Å². The summed E-state index contributed by atoms with van der Waals surface area (Å²) in [6.07, 6.45) is 0.471. The summed E-state index contributed by atoms with van der Waals surface area (Å²) in [5, 5.41) is 11.6. The molecule has 0 bridgehead atoms. The first-order valence-corrected chi connectivity index (χ1v) is 7.36. The molecule has 1 saturated heterocycles. The molecule has 0 aromatic heterocycles. The second kappa shape index (κ2) is 7.93. The minimum atomic E-state index is -0.606. The maximum Gasteiger partial charge on any atom is 0.338 e. The van der Waals surface area contributed by atoms with Crippen LogP contribution >= 0.6 is 0 Å². The number of benzene rings is 1. The van der Waals surface area contributed by atoms with Crippen molar-refractivity contribution in [3.8, 4) is 5.75 Å². The number of carbonyl (C=O) groups excluding carboxylic acids is 1. The van der Waals surface area contributed by atoms with Crippen LogP contribution in [-0.2, 0) is 14.2 Å². The molecule has 1 aromatic rings. The van der Waals surface area contributed by atoms with Crippen molar-refractivity contribution in [2.45, 2.75) is 12.6 Å². The van der Waals surface area contributed by atoms with E-state index in [1.165, 1.54) is 26.4 Å². The Balaban J connectivity index is 2.48. The van der Waals surface area contributed by atoms with Gasteiger partial charge in [-0.2, -0.15) is 0 Å². The molecule has 0 spiro atoms. The van der Waals surface area contributed by atoms with E-state index in [-0.39, 0.29) is 42.1 Å². The molecule has 1 fully saturated rings. The molecule has 0 amide bonds. The molecule has 1 aromatic carbocycles. The van der Waals surface area contributed by atoms with Crippen LogP contribution in [-0.4, -0.2) is 58.2 Å². The SMILES string of the molecule is COCCOc1cc(C(=O)OC)cc(N(C)[C@@H]2CCO2)c1[N+](=O)[O-]. The summed E-state index contributed by atoms with van der Waals surface area (Å²) in [7, 11) is 4.41. The van der Waals surface area contributed by atoms with Gasteiger partial charge in [-0.1, -0.05) is 0 Å². The van der Waals surface area contributed by atoms with Crippen LogP contribution in [0.25, 0.3) is 0 Å². The molecule has 0 unspecified atom stereocenters. The van der Waals surface area contributed by atoms with Crippen LogP contribution in [0.15, 0.2) is 12.1 Å². The molecule has 9 heteroatoms. The van der Waals surface area contributed by atoms with Crippen LogP contribution in [0.5, 0.6) is 5.75 Å². The lowest BCUT2D eigenvalue weighted by molar-refractivity contribution is -0.385. The first-order valence-electron chi connectivity index (χ1n) is 7.36. The molecule has 1 heterocycles. The Morgan fingerprint density at radius 1 is 1.42 bits per heavy atom. The average Bonchev–Trinajstić information content (AvgIpc) is 2.51. The van der Waals surface area contributed by atoms with Gasteiger partial charge < -0.3 is 23.8 Å². The van der Waals surface area contributed by atoms with E-state index in [1.807, 2.05) is 0 Å². The van der Waals surface area contributed by atoms with Gasteiger partial charge in [0.1, 0.15) is 18.5 Å². The third-order valence-corrected chi connectivity index (χ3v) is 3.69. The van der Waals surface area contributed by atoms with E-state index in [2.05, 4.69) is 0 Å². The maximum absolute atomic E-state index is 11.9. The van der Waals surface area contributed by atoms with Gasteiger partial charge in [0.2, 0.25) is 0 Å². The first-order chi connectivity index (χ1) is 11.5. The van der Waals surface area contributed by atoms with Crippen molar-refractivity contribution < 1.29 is 28.7 Å². The minimum Gasteiger partial charge on any atom is -0.484 e. The summed E-state index contributed by atoms with van der Waals surface area (Å²) >= 11 is 0. The lowest BCUT2D eigenvalue weighted by Gasteiger charge is -2.36. The molecule has 0 aliphatic carbocycles. The number of nitro benzene ring substituents is 1. The van der Waals surface area contributed by atoms with E-state index in [0.717, 1.165) is 6.42 Å². The summed E-state index contributed by atoms with van der Waals surface area (Å²) in [5.41, 5.74) is 0.175. The second-order valence-electron chi connectivity index (χ2n) is 5.16. The molecule has 0 saturated carbocycles. The zero-order valence-electron chi connectivity index (χ0n) is 13.8. The number of anilines is 1. The highest BCUT2D eigenvalue weighted by atomic mass is 16.6. The lowest BCUT2D eigenvalue weighted by Crippen LogP contribution is -2.42. The Kier molecular flexibility index (Phi) is 5.93. The van der Waals surface area contributed by atoms with Crippen molar-refractivity contribution in [2.24, 2.45) is 0 Å². The van der Waals surface area contributed by atoms with Gasteiger partial charge >= 0.3 is 11.7 Å². The Hall–Kier alpha value is -2.39. The number of nitrogens with zero attached hydrogens (tertiary/aromatic N) is 2. The van der Waals surface area contributed by atoms with Gasteiger partial charge in [-0.05, 0) is 6.07 Å². The number of nitro groups is 1. The highest BCUT2D eigenvalue weighted by Gasteiger charge is 2.32. The van der Waals surface area contributed by atoms with E-state index < -0.39 is 10.9 Å². The summed E-state index contributed by atoms with van der Waals surface area (Å²) < 4.78 is 20.4. The average molecular weight is 340 g/mol. The van der Waals surface area contributed by atoms with Gasteiger partial charge in [0.25, 0.3) is 0 Å². The monoisotopic (exact) mass is 340 g/mol. The highest BCUT2D eigenvalue weighted by Crippen LogP contribution is 2.40. The summed E-state index contributed by atoms with van der Waals surface area (Å²) in [6.45, 7) is 0.970. The van der Waals surface area contributed by atoms with E-state index >= 15 is 0 Å². The zero-order valence-corrected chi connectivity index (χ0v) is 13.8. The van der Waals surface area contributed by atoms with Crippen molar-refractivity contribution >= 4 is 17.3 Å². The predicted molar refractivity (Wildman–Crippen MR) is 84.6 cm³/mol. The number of hydrogen-bond acceptors (Lipinski definition) is 8. The minimum absolute atomic E-state index is 0.0128. The molecule has 2 rings (SSSR count). The predicted octanol–water partition coefficient (Wildman–Crippen LogP) is 1.59. The third-order valence-electron chi connectivity index (χ3n) is 3.69. The third kappa shape index (κ3) is 3.74. The number of carbonyl (C=O) groups is 1. The zero-order chi connectivity index (χ0) is 17.7. The Bertz CT molecular complexity index is 616. The fraction of sp³-hybridized carbons (Fsp3) is 0.533. The van der Waals surface area contributed by atoms with Gasteiger partial charge in [-0.15, -0.1) is 0 Å². The van der Waals surface area contributed by atoms with Crippen molar-refractivity contribution in [1.29, 1.82) is 0 Å². The Labute approximate surface area is 139 Å². The number of esters is 1. The molecule has 24 heavy (non-hydrogen) atoms. The Morgan fingerprint density at radius 2 is 2.12 bits per heavy atom. The molecular formula is C15H20N2O7. The maximum atomic E-state index is 11.9. The molecule has 0 N–H and O–H groups in total. The van der Waals surface area contributed by atoms with Gasteiger partial charge in [-0.3, -0.25) is 10.1 Å². The van der Waals surface area contributed by atoms with Crippen LogP contribution in [0.2, 0.25) is 0 Å². The number of hydrogen-bond donors (Lipinski definition) is 0. The molecule has 1 atom stereocenters. The quantitative estimate of drug-likeness (QED) is 0.304.